The zero-order valence-corrected chi connectivity index (χ0v) is 17.1. The molecule has 0 aliphatic carbocycles. The predicted molar refractivity (Wildman–Crippen MR) is 109 cm³/mol. The van der Waals surface area contributed by atoms with Crippen LogP contribution >= 0.6 is 12.4 Å². The quantitative estimate of drug-likeness (QED) is 0.692. The Kier molecular flexibility index (Phi) is 7.92. The van der Waals surface area contributed by atoms with Crippen molar-refractivity contribution >= 4 is 29.9 Å². The van der Waals surface area contributed by atoms with Gasteiger partial charge in [-0.05, 0) is 44.0 Å². The lowest BCUT2D eigenvalue weighted by Crippen LogP contribution is -2.47. The molecule has 2 saturated heterocycles. The monoisotopic (exact) mass is 395 g/mol. The van der Waals surface area contributed by atoms with Crippen LogP contribution < -0.4 is 9.64 Å². The minimum atomic E-state index is -0.00221. The summed E-state index contributed by atoms with van der Waals surface area (Å²) in [5.41, 5.74) is 2.40. The van der Waals surface area contributed by atoms with Crippen molar-refractivity contribution in [2.75, 3.05) is 51.3 Å². The van der Waals surface area contributed by atoms with E-state index in [4.69, 9.17) is 4.74 Å². The number of anilines is 1. The highest BCUT2D eigenvalue weighted by atomic mass is 35.5. The first-order valence-electron chi connectivity index (χ1n) is 9.53. The summed E-state index contributed by atoms with van der Waals surface area (Å²) >= 11 is 0. The fourth-order valence-electron chi connectivity index (χ4n) is 3.76. The molecule has 150 valence electrons. The molecular formula is C20H30ClN3O3. The van der Waals surface area contributed by atoms with Crippen LogP contribution in [0.1, 0.15) is 31.2 Å². The molecule has 6 nitrogen and oxygen atoms in total. The number of benzene rings is 1. The molecule has 0 spiro atoms. The summed E-state index contributed by atoms with van der Waals surface area (Å²) in [6.07, 6.45) is 2.59. The van der Waals surface area contributed by atoms with E-state index in [1.165, 1.54) is 10.5 Å². The van der Waals surface area contributed by atoms with Crippen molar-refractivity contribution in [3.05, 3.63) is 23.8 Å². The van der Waals surface area contributed by atoms with Crippen LogP contribution in [0.25, 0.3) is 0 Å². The molecular weight excluding hydrogens is 366 g/mol. The number of methoxy groups -OCH3 is 1. The van der Waals surface area contributed by atoms with Crippen LogP contribution in [-0.2, 0) is 9.59 Å². The van der Waals surface area contributed by atoms with Crippen LogP contribution in [0.4, 0.5) is 5.69 Å². The Labute approximate surface area is 167 Å². The maximum atomic E-state index is 11.8. The maximum absolute atomic E-state index is 11.8. The summed E-state index contributed by atoms with van der Waals surface area (Å²) in [4.78, 5) is 29.9. The third-order valence-electron chi connectivity index (χ3n) is 5.29. The summed E-state index contributed by atoms with van der Waals surface area (Å²) < 4.78 is 5.51. The van der Waals surface area contributed by atoms with E-state index in [1.807, 2.05) is 6.07 Å². The summed E-state index contributed by atoms with van der Waals surface area (Å²) in [6, 6.07) is 6.29. The molecule has 3 rings (SSSR count). The minimum Gasteiger partial charge on any atom is -0.495 e. The van der Waals surface area contributed by atoms with Gasteiger partial charge in [-0.15, -0.1) is 12.4 Å². The standard InChI is InChI=1S/C20H29N3O3.ClH/c1-16-7-8-18(26-2)17(15-16)22-13-11-21(12-14-22)9-4-10-23-19(24)5-3-6-20(23)25;/h7-8,15H,3-6,9-14H2,1-2H3;1H. The Morgan fingerprint density at radius 3 is 2.30 bits per heavy atom. The van der Waals surface area contributed by atoms with Crippen molar-refractivity contribution in [3.63, 3.8) is 0 Å². The van der Waals surface area contributed by atoms with Gasteiger partial charge in [0.25, 0.3) is 0 Å². The van der Waals surface area contributed by atoms with E-state index in [1.54, 1.807) is 7.11 Å². The Morgan fingerprint density at radius 1 is 1.00 bits per heavy atom. The molecule has 2 aliphatic heterocycles. The van der Waals surface area contributed by atoms with Gasteiger partial charge in [-0.3, -0.25) is 19.4 Å². The molecule has 2 amide bonds. The van der Waals surface area contributed by atoms with Gasteiger partial charge in [-0.1, -0.05) is 6.07 Å². The summed E-state index contributed by atoms with van der Waals surface area (Å²) in [6.45, 7) is 7.47. The number of carbonyl (C=O) groups is 2. The highest BCUT2D eigenvalue weighted by Crippen LogP contribution is 2.30. The van der Waals surface area contributed by atoms with Crippen LogP contribution in [-0.4, -0.2) is 68.0 Å². The first-order valence-corrected chi connectivity index (χ1v) is 9.53. The van der Waals surface area contributed by atoms with Gasteiger partial charge in [0.15, 0.2) is 0 Å². The van der Waals surface area contributed by atoms with Crippen molar-refractivity contribution in [1.29, 1.82) is 0 Å². The van der Waals surface area contributed by atoms with Crippen molar-refractivity contribution in [1.82, 2.24) is 9.80 Å². The topological polar surface area (TPSA) is 53.1 Å². The smallest absolute Gasteiger partial charge is 0.229 e. The van der Waals surface area contributed by atoms with E-state index in [0.29, 0.717) is 25.8 Å². The van der Waals surface area contributed by atoms with Crippen LogP contribution in [0.2, 0.25) is 0 Å². The number of piperazine rings is 1. The minimum absolute atomic E-state index is 0. The molecule has 1 aromatic carbocycles. The molecule has 0 unspecified atom stereocenters. The lowest BCUT2D eigenvalue weighted by Gasteiger charge is -2.37. The molecule has 0 N–H and O–H groups in total. The van der Waals surface area contributed by atoms with Crippen LogP contribution in [0, 0.1) is 6.92 Å². The second kappa shape index (κ2) is 9.95. The van der Waals surface area contributed by atoms with Gasteiger partial charge < -0.3 is 9.64 Å². The third kappa shape index (κ3) is 5.36. The van der Waals surface area contributed by atoms with E-state index >= 15 is 0 Å². The number of nitrogens with zero attached hydrogens (tertiary/aromatic N) is 3. The second-order valence-corrected chi connectivity index (χ2v) is 7.15. The van der Waals surface area contributed by atoms with Crippen LogP contribution in [0.15, 0.2) is 18.2 Å². The predicted octanol–water partition coefficient (Wildman–Crippen LogP) is 2.48. The number of halogens is 1. The van der Waals surface area contributed by atoms with Gasteiger partial charge in [0.1, 0.15) is 5.75 Å². The average molecular weight is 396 g/mol. The highest BCUT2D eigenvalue weighted by molar-refractivity contribution is 5.97. The Hall–Kier alpha value is -1.79. The van der Waals surface area contributed by atoms with Gasteiger partial charge in [0.2, 0.25) is 11.8 Å². The zero-order chi connectivity index (χ0) is 18.5. The van der Waals surface area contributed by atoms with Gasteiger partial charge >= 0.3 is 0 Å². The molecule has 2 heterocycles. The number of amides is 2. The molecule has 0 saturated carbocycles. The fraction of sp³-hybridized carbons (Fsp3) is 0.600. The number of hydrogen-bond acceptors (Lipinski definition) is 5. The molecule has 0 aromatic heterocycles. The third-order valence-corrected chi connectivity index (χ3v) is 5.29. The van der Waals surface area contributed by atoms with Crippen molar-refractivity contribution < 1.29 is 14.3 Å². The van der Waals surface area contributed by atoms with Gasteiger partial charge in [0.05, 0.1) is 12.8 Å². The Morgan fingerprint density at radius 2 is 1.67 bits per heavy atom. The average Bonchev–Trinajstić information content (AvgIpc) is 2.64. The molecule has 7 heteroatoms. The number of likely N-dealkylation sites (tertiary alicyclic amines) is 1. The molecule has 2 aliphatic rings. The number of hydrogen-bond donors (Lipinski definition) is 0. The number of imide groups is 1. The van der Waals surface area contributed by atoms with E-state index in [0.717, 1.165) is 50.6 Å². The van der Waals surface area contributed by atoms with E-state index in [-0.39, 0.29) is 24.2 Å². The first-order chi connectivity index (χ1) is 12.6. The van der Waals surface area contributed by atoms with Crippen LogP contribution in [0.3, 0.4) is 0 Å². The number of piperidine rings is 1. The second-order valence-electron chi connectivity index (χ2n) is 7.15. The highest BCUT2D eigenvalue weighted by Gasteiger charge is 2.26. The maximum Gasteiger partial charge on any atom is 0.229 e. The number of aryl methyl sites for hydroxylation is 1. The van der Waals surface area contributed by atoms with Gasteiger partial charge in [-0.2, -0.15) is 0 Å². The van der Waals surface area contributed by atoms with E-state index in [9.17, 15) is 9.59 Å². The van der Waals surface area contributed by atoms with E-state index < -0.39 is 0 Å². The normalized spacial score (nSPS) is 18.4. The lowest BCUT2D eigenvalue weighted by molar-refractivity contribution is -0.148. The number of rotatable bonds is 6. The summed E-state index contributed by atoms with van der Waals surface area (Å²) in [5.74, 6) is 0.918. The summed E-state index contributed by atoms with van der Waals surface area (Å²) in [7, 11) is 1.72. The number of ether oxygens (including phenoxy) is 1. The molecule has 0 bridgehead atoms. The Balaban J connectivity index is 0.00000261. The number of carbonyl (C=O) groups excluding carboxylic acids is 2. The Bertz CT molecular complexity index is 644. The summed E-state index contributed by atoms with van der Waals surface area (Å²) in [5, 5.41) is 0. The van der Waals surface area contributed by atoms with Crippen LogP contribution in [0.5, 0.6) is 5.75 Å². The largest absolute Gasteiger partial charge is 0.495 e. The van der Waals surface area contributed by atoms with Gasteiger partial charge in [-0.25, -0.2) is 0 Å². The molecule has 0 radical (unpaired) electrons. The SMILES string of the molecule is COc1ccc(C)cc1N1CCN(CCCN2C(=O)CCCC2=O)CC1.Cl. The first kappa shape index (κ1) is 21.5. The lowest BCUT2D eigenvalue weighted by atomic mass is 10.1. The van der Waals surface area contributed by atoms with Crippen molar-refractivity contribution in [2.45, 2.75) is 32.6 Å². The molecule has 27 heavy (non-hydrogen) atoms. The molecule has 1 aromatic rings. The zero-order valence-electron chi connectivity index (χ0n) is 16.3. The van der Waals surface area contributed by atoms with Gasteiger partial charge in [0, 0.05) is 45.6 Å². The molecule has 0 atom stereocenters. The van der Waals surface area contributed by atoms with E-state index in [2.05, 4.69) is 28.9 Å². The van der Waals surface area contributed by atoms with Crippen molar-refractivity contribution in [3.8, 4) is 5.75 Å². The molecule has 2 fully saturated rings. The van der Waals surface area contributed by atoms with Crippen molar-refractivity contribution in [2.24, 2.45) is 0 Å². The fourth-order valence-corrected chi connectivity index (χ4v) is 3.76.